The van der Waals surface area contributed by atoms with Gasteiger partial charge in [-0.25, -0.2) is 17.6 Å². The minimum absolute atomic E-state index is 0.0274. The molecular weight excluding hydrogens is 472 g/mol. The van der Waals surface area contributed by atoms with Gasteiger partial charge in [-0.05, 0) is 31.2 Å². The van der Waals surface area contributed by atoms with Crippen LogP contribution < -0.4 is 9.47 Å². The van der Waals surface area contributed by atoms with Gasteiger partial charge in [-0.15, -0.1) is 22.7 Å². The van der Waals surface area contributed by atoms with E-state index in [1.807, 2.05) is 11.4 Å². The van der Waals surface area contributed by atoms with E-state index in [9.17, 15) is 17.6 Å². The van der Waals surface area contributed by atoms with Gasteiger partial charge in [0, 0.05) is 11.6 Å². The minimum atomic E-state index is -1.42. The predicted octanol–water partition coefficient (Wildman–Crippen LogP) is 9.15. The molecule has 33 heavy (non-hydrogen) atoms. The van der Waals surface area contributed by atoms with E-state index < -0.39 is 34.4 Å². The maximum absolute atomic E-state index is 14.8. The van der Waals surface area contributed by atoms with E-state index in [-0.39, 0.29) is 10.6 Å². The van der Waals surface area contributed by atoms with Crippen LogP contribution >= 0.6 is 22.7 Å². The van der Waals surface area contributed by atoms with Crippen LogP contribution in [0.1, 0.15) is 57.9 Å². The molecule has 0 radical (unpaired) electrons. The Labute approximate surface area is 200 Å². The van der Waals surface area contributed by atoms with Crippen molar-refractivity contribution in [1.29, 1.82) is 0 Å². The van der Waals surface area contributed by atoms with E-state index in [2.05, 4.69) is 13.8 Å². The molecule has 2 aromatic heterocycles. The fourth-order valence-corrected chi connectivity index (χ4v) is 5.46. The summed E-state index contributed by atoms with van der Waals surface area (Å²) in [4.78, 5) is 1.48. The third-order valence-corrected chi connectivity index (χ3v) is 7.48. The molecule has 0 saturated carbocycles. The summed E-state index contributed by atoms with van der Waals surface area (Å²) < 4.78 is 70.0. The molecule has 8 heteroatoms. The lowest BCUT2D eigenvalue weighted by Crippen LogP contribution is -2.04. The monoisotopic (exact) mass is 500 g/mol. The average molecular weight is 501 g/mol. The smallest absolute Gasteiger partial charge is 0.171 e. The first-order valence-corrected chi connectivity index (χ1v) is 12.9. The first kappa shape index (κ1) is 25.6. The summed E-state index contributed by atoms with van der Waals surface area (Å²) in [5, 5.41) is 1.87. The highest BCUT2D eigenvalue weighted by Crippen LogP contribution is 2.49. The number of hydrogen-bond acceptors (Lipinski definition) is 4. The maximum Gasteiger partial charge on any atom is 0.171 e. The van der Waals surface area contributed by atoms with E-state index in [0.29, 0.717) is 23.8 Å². The Kier molecular flexibility index (Phi) is 9.20. The molecule has 1 aromatic carbocycles. The number of unbranched alkanes of at least 4 members (excludes halogenated alkanes) is 4. The van der Waals surface area contributed by atoms with Gasteiger partial charge in [0.1, 0.15) is 11.5 Å². The van der Waals surface area contributed by atoms with Crippen LogP contribution in [0.5, 0.6) is 11.5 Å². The van der Waals surface area contributed by atoms with Crippen LogP contribution in [-0.4, -0.2) is 13.2 Å². The van der Waals surface area contributed by atoms with Gasteiger partial charge in [-0.1, -0.05) is 39.5 Å². The quantitative estimate of drug-likeness (QED) is 0.140. The minimum Gasteiger partial charge on any atom is -0.492 e. The topological polar surface area (TPSA) is 18.5 Å². The lowest BCUT2D eigenvalue weighted by atomic mass is 10.1. The third-order valence-electron chi connectivity index (χ3n) is 5.27. The van der Waals surface area contributed by atoms with Crippen LogP contribution in [0.4, 0.5) is 17.6 Å². The first-order valence-electron chi connectivity index (χ1n) is 11.2. The van der Waals surface area contributed by atoms with Crippen molar-refractivity contribution in [3.05, 3.63) is 46.3 Å². The fourth-order valence-electron chi connectivity index (χ4n) is 3.37. The van der Waals surface area contributed by atoms with E-state index in [0.717, 1.165) is 61.7 Å². The van der Waals surface area contributed by atoms with Crippen molar-refractivity contribution in [2.45, 2.75) is 59.3 Å². The van der Waals surface area contributed by atoms with Crippen molar-refractivity contribution in [1.82, 2.24) is 0 Å². The summed E-state index contributed by atoms with van der Waals surface area (Å²) in [6.45, 7) is 6.07. The Balaban J connectivity index is 2.03. The maximum atomic E-state index is 14.8. The van der Waals surface area contributed by atoms with Crippen LogP contribution in [0.3, 0.4) is 0 Å². The largest absolute Gasteiger partial charge is 0.492 e. The van der Waals surface area contributed by atoms with Gasteiger partial charge in [0.05, 0.1) is 33.4 Å². The van der Waals surface area contributed by atoms with Gasteiger partial charge in [-0.2, -0.15) is 0 Å². The fraction of sp³-hybridized carbons (Fsp3) is 0.440. The summed E-state index contributed by atoms with van der Waals surface area (Å²) in [5.74, 6) is -4.75. The molecule has 0 aliphatic rings. The summed E-state index contributed by atoms with van der Waals surface area (Å²) in [6, 6.07) is 3.52. The van der Waals surface area contributed by atoms with Crippen LogP contribution in [0.2, 0.25) is 0 Å². The van der Waals surface area contributed by atoms with E-state index in [4.69, 9.17) is 9.47 Å². The lowest BCUT2D eigenvalue weighted by Gasteiger charge is -2.11. The molecule has 3 rings (SSSR count). The summed E-state index contributed by atoms with van der Waals surface area (Å²) in [6.07, 6.45) is 5.73. The van der Waals surface area contributed by atoms with Crippen LogP contribution in [0.15, 0.2) is 17.5 Å². The molecule has 0 aliphatic carbocycles. The standard InChI is InChI=1S/C25H28F4O2S2/c1-4-6-8-11-30-16-10-13-32-24(16)18-14-17(31-12-9-7-5-2)25(33-18)19-22(28)20(26)15(3)21(27)23(19)29/h10,13-14H,4-9,11-12H2,1-3H3. The van der Waals surface area contributed by atoms with E-state index >= 15 is 0 Å². The number of hydrogen-bond donors (Lipinski definition) is 0. The molecule has 2 heterocycles. The second-order valence-corrected chi connectivity index (χ2v) is 9.75. The molecular formula is C25H28F4O2S2. The molecule has 0 N–H and O–H groups in total. The molecule has 0 amide bonds. The van der Waals surface area contributed by atoms with E-state index in [1.54, 1.807) is 6.07 Å². The number of halogens is 4. The molecule has 0 fully saturated rings. The Hall–Kier alpha value is -2.06. The zero-order chi connectivity index (χ0) is 24.0. The second kappa shape index (κ2) is 11.9. The molecule has 0 spiro atoms. The first-order chi connectivity index (χ1) is 15.9. The van der Waals surface area contributed by atoms with Gasteiger partial charge < -0.3 is 9.47 Å². The zero-order valence-corrected chi connectivity index (χ0v) is 20.7. The zero-order valence-electron chi connectivity index (χ0n) is 19.0. The predicted molar refractivity (Wildman–Crippen MR) is 128 cm³/mol. The molecule has 3 aromatic rings. The van der Waals surface area contributed by atoms with Gasteiger partial charge in [0.15, 0.2) is 23.3 Å². The number of ether oxygens (including phenoxy) is 2. The summed E-state index contributed by atoms with van der Waals surface area (Å²) >= 11 is 2.46. The lowest BCUT2D eigenvalue weighted by molar-refractivity contribution is 0.307. The highest BCUT2D eigenvalue weighted by Gasteiger charge is 2.28. The van der Waals surface area contributed by atoms with Crippen molar-refractivity contribution in [2.75, 3.05) is 13.2 Å². The molecule has 0 aliphatic heterocycles. The Morgan fingerprint density at radius 2 is 1.33 bits per heavy atom. The highest BCUT2D eigenvalue weighted by atomic mass is 32.1. The molecule has 0 bridgehead atoms. The normalized spacial score (nSPS) is 11.2. The Bertz CT molecular complexity index is 1050. The van der Waals surface area contributed by atoms with Crippen LogP contribution in [-0.2, 0) is 0 Å². The third kappa shape index (κ3) is 5.72. The van der Waals surface area contributed by atoms with Crippen LogP contribution in [0, 0.1) is 30.2 Å². The highest BCUT2D eigenvalue weighted by molar-refractivity contribution is 7.23. The van der Waals surface area contributed by atoms with Crippen LogP contribution in [0.25, 0.3) is 20.2 Å². The number of benzene rings is 1. The van der Waals surface area contributed by atoms with E-state index in [1.165, 1.54) is 11.3 Å². The SMILES string of the molecule is CCCCCOc1ccsc1-c1cc(OCCCCC)c(-c2c(F)c(F)c(C)c(F)c2F)s1. The summed E-state index contributed by atoms with van der Waals surface area (Å²) in [5.41, 5.74) is -1.42. The van der Waals surface area contributed by atoms with Crippen molar-refractivity contribution in [3.63, 3.8) is 0 Å². The van der Waals surface area contributed by atoms with Crippen molar-refractivity contribution in [3.8, 4) is 31.7 Å². The molecule has 0 unspecified atom stereocenters. The molecule has 0 saturated heterocycles. The molecule has 0 atom stereocenters. The van der Waals surface area contributed by atoms with Gasteiger partial charge in [0.2, 0.25) is 0 Å². The van der Waals surface area contributed by atoms with Gasteiger partial charge in [-0.3, -0.25) is 0 Å². The van der Waals surface area contributed by atoms with Gasteiger partial charge >= 0.3 is 0 Å². The van der Waals surface area contributed by atoms with Gasteiger partial charge in [0.25, 0.3) is 0 Å². The number of thiophene rings is 2. The molecule has 2 nitrogen and oxygen atoms in total. The van der Waals surface area contributed by atoms with Crippen molar-refractivity contribution >= 4 is 22.7 Å². The average Bonchev–Trinajstić information content (AvgIpc) is 3.44. The van der Waals surface area contributed by atoms with Crippen molar-refractivity contribution < 1.29 is 27.0 Å². The molecule has 180 valence electrons. The number of rotatable bonds is 12. The van der Waals surface area contributed by atoms with Crippen molar-refractivity contribution in [2.24, 2.45) is 0 Å². The second-order valence-electron chi connectivity index (χ2n) is 7.79. The Morgan fingerprint density at radius 3 is 1.91 bits per heavy atom. The Morgan fingerprint density at radius 1 is 0.758 bits per heavy atom. The summed E-state index contributed by atoms with van der Waals surface area (Å²) in [7, 11) is 0.